The van der Waals surface area contributed by atoms with E-state index in [9.17, 15) is 4.79 Å². The Morgan fingerprint density at radius 3 is 1.81 bits per heavy atom. The van der Waals surface area contributed by atoms with Crippen molar-refractivity contribution in [2.75, 3.05) is 0 Å². The monoisotopic (exact) mass is 354 g/mol. The van der Waals surface area contributed by atoms with Gasteiger partial charge in [-0.3, -0.25) is 4.79 Å². The molecule has 2 heteroatoms. The summed E-state index contributed by atoms with van der Waals surface area (Å²) in [5, 5.41) is 0.670. The van der Waals surface area contributed by atoms with Crippen molar-refractivity contribution >= 4 is 11.0 Å². The van der Waals surface area contributed by atoms with Gasteiger partial charge >= 0.3 is 0 Å². The average molecular weight is 354 g/mol. The van der Waals surface area contributed by atoms with Crippen molar-refractivity contribution in [2.45, 2.75) is 25.7 Å². The minimum absolute atomic E-state index is 0.107. The van der Waals surface area contributed by atoms with Gasteiger partial charge in [0.25, 0.3) is 0 Å². The molecule has 0 aliphatic carbocycles. The highest BCUT2D eigenvalue weighted by atomic mass is 16.3. The van der Waals surface area contributed by atoms with Crippen LogP contribution in [0.2, 0.25) is 0 Å². The van der Waals surface area contributed by atoms with Gasteiger partial charge in [0.05, 0.1) is 5.39 Å². The highest BCUT2D eigenvalue weighted by Gasteiger charge is 2.14. The Kier molecular flexibility index (Phi) is 5.15. The Labute approximate surface area is 159 Å². The Morgan fingerprint density at radius 2 is 1.15 bits per heavy atom. The molecule has 3 aromatic carbocycles. The lowest BCUT2D eigenvalue weighted by Crippen LogP contribution is -2.14. The second-order valence-corrected chi connectivity index (χ2v) is 6.80. The van der Waals surface area contributed by atoms with E-state index in [1.165, 1.54) is 11.1 Å². The number of benzene rings is 3. The molecule has 0 saturated carbocycles. The predicted octanol–water partition coefficient (Wildman–Crippen LogP) is 5.36. The van der Waals surface area contributed by atoms with Crippen molar-refractivity contribution in [3.05, 3.63) is 118 Å². The minimum Gasteiger partial charge on any atom is -0.461 e. The third-order valence-corrected chi connectivity index (χ3v) is 4.97. The van der Waals surface area contributed by atoms with Gasteiger partial charge in [-0.25, -0.2) is 0 Å². The van der Waals surface area contributed by atoms with Crippen molar-refractivity contribution < 1.29 is 4.42 Å². The third kappa shape index (κ3) is 4.01. The van der Waals surface area contributed by atoms with E-state index in [0.717, 1.165) is 30.6 Å². The second kappa shape index (κ2) is 8.05. The zero-order valence-electron chi connectivity index (χ0n) is 15.2. The number of fused-ring (bicyclic) bond motifs is 1. The summed E-state index contributed by atoms with van der Waals surface area (Å²) in [6.45, 7) is 0. The third-order valence-electron chi connectivity index (χ3n) is 4.97. The first kappa shape index (κ1) is 17.3. The molecular weight excluding hydrogens is 332 g/mol. The average Bonchev–Trinajstić information content (AvgIpc) is 2.73. The molecule has 0 amide bonds. The van der Waals surface area contributed by atoms with Gasteiger partial charge in [0, 0.05) is 12.0 Å². The largest absolute Gasteiger partial charge is 0.461 e. The summed E-state index contributed by atoms with van der Waals surface area (Å²) in [5.74, 6) is 0.818. The summed E-state index contributed by atoms with van der Waals surface area (Å²) < 4.78 is 6.18. The molecule has 0 atom stereocenters. The molecule has 0 unspecified atom stereocenters. The Balaban J connectivity index is 1.67. The maximum absolute atomic E-state index is 13.1. The van der Waals surface area contributed by atoms with Gasteiger partial charge in [-0.2, -0.15) is 0 Å². The van der Waals surface area contributed by atoms with Crippen LogP contribution in [0.15, 0.2) is 94.1 Å². The molecule has 0 spiro atoms. The maximum Gasteiger partial charge on any atom is 0.196 e. The maximum atomic E-state index is 13.1. The number of hydrogen-bond donors (Lipinski definition) is 0. The highest BCUT2D eigenvalue weighted by Crippen LogP contribution is 2.19. The van der Waals surface area contributed by atoms with Crippen molar-refractivity contribution in [3.8, 4) is 0 Å². The Hall–Kier alpha value is -3.13. The van der Waals surface area contributed by atoms with Gasteiger partial charge in [-0.05, 0) is 42.5 Å². The first-order valence-electron chi connectivity index (χ1n) is 9.43. The molecule has 0 saturated heterocycles. The van der Waals surface area contributed by atoms with E-state index < -0.39 is 0 Å². The lowest BCUT2D eigenvalue weighted by Gasteiger charge is -2.10. The van der Waals surface area contributed by atoms with Gasteiger partial charge in [0.1, 0.15) is 11.3 Å². The fourth-order valence-corrected chi connectivity index (χ4v) is 3.50. The molecule has 134 valence electrons. The molecule has 0 aliphatic rings. The SMILES string of the molecule is O=c1c(CCc2ccccc2)c(CCc2ccccc2)oc2ccccc12. The second-order valence-electron chi connectivity index (χ2n) is 6.80. The van der Waals surface area contributed by atoms with Crippen molar-refractivity contribution in [1.82, 2.24) is 0 Å². The zero-order valence-corrected chi connectivity index (χ0v) is 15.2. The molecule has 0 bridgehead atoms. The number of para-hydroxylation sites is 1. The number of aryl methyl sites for hydroxylation is 3. The fraction of sp³-hybridized carbons (Fsp3) is 0.160. The van der Waals surface area contributed by atoms with E-state index >= 15 is 0 Å². The Bertz CT molecular complexity index is 1080. The van der Waals surface area contributed by atoms with Crippen LogP contribution >= 0.6 is 0 Å². The normalized spacial score (nSPS) is 11.0. The van der Waals surface area contributed by atoms with Gasteiger partial charge in [-0.1, -0.05) is 72.8 Å². The van der Waals surface area contributed by atoms with Crippen LogP contribution in [-0.4, -0.2) is 0 Å². The molecule has 2 nitrogen and oxygen atoms in total. The quantitative estimate of drug-likeness (QED) is 0.466. The van der Waals surface area contributed by atoms with Crippen LogP contribution in [0.3, 0.4) is 0 Å². The van der Waals surface area contributed by atoms with Crippen molar-refractivity contribution in [3.63, 3.8) is 0 Å². The van der Waals surface area contributed by atoms with Gasteiger partial charge in [-0.15, -0.1) is 0 Å². The molecule has 0 aliphatic heterocycles. The van der Waals surface area contributed by atoms with Crippen LogP contribution in [0.5, 0.6) is 0 Å². The lowest BCUT2D eigenvalue weighted by atomic mass is 9.99. The lowest BCUT2D eigenvalue weighted by molar-refractivity contribution is 0.523. The molecule has 0 fully saturated rings. The number of hydrogen-bond acceptors (Lipinski definition) is 2. The Morgan fingerprint density at radius 1 is 0.593 bits per heavy atom. The summed E-state index contributed by atoms with van der Waals surface area (Å²) in [6.07, 6.45) is 3.12. The molecular formula is C25H22O2. The molecule has 4 rings (SSSR count). The van der Waals surface area contributed by atoms with E-state index in [4.69, 9.17) is 4.42 Å². The summed E-state index contributed by atoms with van der Waals surface area (Å²) in [4.78, 5) is 13.1. The van der Waals surface area contributed by atoms with Crippen molar-refractivity contribution in [2.24, 2.45) is 0 Å². The summed E-state index contributed by atoms with van der Waals surface area (Å²) in [7, 11) is 0. The predicted molar refractivity (Wildman–Crippen MR) is 110 cm³/mol. The minimum atomic E-state index is 0.107. The molecule has 1 aromatic heterocycles. The van der Waals surface area contributed by atoms with E-state index in [0.29, 0.717) is 17.4 Å². The standard InChI is InChI=1S/C25H22O2/c26-25-21-13-7-8-14-23(21)27-24(18-16-20-11-5-2-6-12-20)22(25)17-15-19-9-3-1-4-10-19/h1-14H,15-18H2. The summed E-state index contributed by atoms with van der Waals surface area (Å²) in [5.41, 5.74) is 4.08. The first-order valence-corrected chi connectivity index (χ1v) is 9.43. The summed E-state index contributed by atoms with van der Waals surface area (Å²) >= 11 is 0. The van der Waals surface area contributed by atoms with Crippen LogP contribution in [0.25, 0.3) is 11.0 Å². The van der Waals surface area contributed by atoms with Gasteiger partial charge < -0.3 is 4.42 Å². The smallest absolute Gasteiger partial charge is 0.196 e. The molecule has 0 radical (unpaired) electrons. The first-order chi connectivity index (χ1) is 13.3. The van der Waals surface area contributed by atoms with Crippen LogP contribution in [0.1, 0.15) is 22.5 Å². The highest BCUT2D eigenvalue weighted by molar-refractivity contribution is 5.77. The van der Waals surface area contributed by atoms with E-state index in [1.807, 2.05) is 60.7 Å². The van der Waals surface area contributed by atoms with Gasteiger partial charge in [0.15, 0.2) is 5.43 Å². The summed E-state index contributed by atoms with van der Waals surface area (Å²) in [6, 6.07) is 28.2. The number of rotatable bonds is 6. The van der Waals surface area contributed by atoms with Crippen LogP contribution in [0.4, 0.5) is 0 Å². The van der Waals surface area contributed by atoms with Crippen molar-refractivity contribution in [1.29, 1.82) is 0 Å². The van der Waals surface area contributed by atoms with E-state index in [2.05, 4.69) is 24.3 Å². The zero-order chi connectivity index (χ0) is 18.5. The molecule has 0 N–H and O–H groups in total. The molecule has 4 aromatic rings. The molecule has 1 heterocycles. The topological polar surface area (TPSA) is 30.2 Å². The van der Waals surface area contributed by atoms with Crippen LogP contribution in [0, 0.1) is 0 Å². The van der Waals surface area contributed by atoms with E-state index in [1.54, 1.807) is 0 Å². The van der Waals surface area contributed by atoms with Crippen LogP contribution in [-0.2, 0) is 25.7 Å². The van der Waals surface area contributed by atoms with Gasteiger partial charge in [0.2, 0.25) is 0 Å². The van der Waals surface area contributed by atoms with E-state index in [-0.39, 0.29) is 5.43 Å². The fourth-order valence-electron chi connectivity index (χ4n) is 3.50. The van der Waals surface area contributed by atoms with Crippen LogP contribution < -0.4 is 5.43 Å². The molecule has 27 heavy (non-hydrogen) atoms.